The molecular formula is C31H49NO11. The van der Waals surface area contributed by atoms with Gasteiger partial charge in [0.05, 0.1) is 24.4 Å². The fraction of sp³-hybridized carbons (Fsp3) is 0.742. The Morgan fingerprint density at radius 1 is 1.16 bits per heavy atom. The molecule has 0 bridgehead atoms. The van der Waals surface area contributed by atoms with Crippen LogP contribution in [0.3, 0.4) is 0 Å². The molecule has 3 fully saturated rings. The Morgan fingerprint density at radius 2 is 1.88 bits per heavy atom. The van der Waals surface area contributed by atoms with E-state index >= 15 is 0 Å². The first-order chi connectivity index (χ1) is 20.3. The van der Waals surface area contributed by atoms with Gasteiger partial charge in [0.1, 0.15) is 19.0 Å². The SMILES string of the molecule is C=C1C[C@](OC)([C@H](O)C(=O)N[C@H]2OCO[C@H]3[C@H]2O[C@H](C[C@H](O)CCC/C=C/C=C/C(=O)O)C(C)(C)[C@@H]3OC)O[C@H](C)[C@@H]1C. The van der Waals surface area contributed by atoms with E-state index in [1.165, 1.54) is 13.2 Å². The lowest BCUT2D eigenvalue weighted by Gasteiger charge is -2.54. The van der Waals surface area contributed by atoms with Crippen molar-refractivity contribution in [3.8, 4) is 0 Å². The molecule has 43 heavy (non-hydrogen) atoms. The Balaban J connectivity index is 1.68. The van der Waals surface area contributed by atoms with Crippen molar-refractivity contribution in [2.45, 2.75) is 115 Å². The molecule has 10 atom stereocenters. The van der Waals surface area contributed by atoms with Gasteiger partial charge in [-0.25, -0.2) is 4.79 Å². The lowest BCUT2D eigenvalue weighted by atomic mass is 9.72. The molecule has 3 aliphatic rings. The van der Waals surface area contributed by atoms with E-state index in [0.29, 0.717) is 25.7 Å². The molecule has 0 aromatic heterocycles. The van der Waals surface area contributed by atoms with Crippen molar-refractivity contribution in [3.05, 3.63) is 36.5 Å². The van der Waals surface area contributed by atoms with Crippen LogP contribution in [0.2, 0.25) is 0 Å². The van der Waals surface area contributed by atoms with E-state index in [1.54, 1.807) is 13.2 Å². The van der Waals surface area contributed by atoms with Crippen LogP contribution in [0.1, 0.15) is 59.8 Å². The number of fused-ring (bicyclic) bond motifs is 1. The standard InChI is InChI=1S/C31H49NO11/c1-18-16-31(39-7,43-20(3)19(18)2)26(36)28(37)32-29-25-24(40-17-41-29)27(38-6)30(4,5)22(42-25)15-21(33)13-11-9-8-10-12-14-23(34)35/h8,10,12,14,19-22,24-27,29,33,36H,1,9,11,13,15-17H2,2-7H3,(H,32,37)(H,34,35)/b10-8+,14-12+/t19-,20-,21-,22-,24+,25-,26-,27-,29+,31-/m1/s1. The molecule has 0 aliphatic carbocycles. The molecule has 12 heteroatoms. The number of carbonyl (C=O) groups excluding carboxylic acids is 1. The van der Waals surface area contributed by atoms with Crippen LogP contribution in [0.5, 0.6) is 0 Å². The van der Waals surface area contributed by atoms with Crippen LogP contribution in [0.25, 0.3) is 0 Å². The number of aliphatic hydroxyl groups excluding tert-OH is 2. The minimum Gasteiger partial charge on any atom is -0.478 e. The number of aliphatic hydroxyl groups is 2. The summed E-state index contributed by atoms with van der Waals surface area (Å²) in [6.07, 6.45) is 2.40. The van der Waals surface area contributed by atoms with Gasteiger partial charge in [-0.05, 0) is 26.2 Å². The third-order valence-electron chi connectivity index (χ3n) is 8.95. The molecule has 3 saturated heterocycles. The smallest absolute Gasteiger partial charge is 0.328 e. The number of carboxylic acids is 1. The van der Waals surface area contributed by atoms with Crippen molar-refractivity contribution in [1.29, 1.82) is 0 Å². The van der Waals surface area contributed by atoms with Crippen molar-refractivity contribution >= 4 is 11.9 Å². The number of ether oxygens (including phenoxy) is 6. The van der Waals surface area contributed by atoms with Gasteiger partial charge in [0.15, 0.2) is 12.3 Å². The highest BCUT2D eigenvalue weighted by atomic mass is 16.7. The van der Waals surface area contributed by atoms with Gasteiger partial charge in [0, 0.05) is 44.5 Å². The van der Waals surface area contributed by atoms with Gasteiger partial charge >= 0.3 is 5.97 Å². The summed E-state index contributed by atoms with van der Waals surface area (Å²) in [4.78, 5) is 23.9. The molecule has 0 radical (unpaired) electrons. The minimum absolute atomic E-state index is 0.0350. The molecule has 12 nitrogen and oxygen atoms in total. The predicted molar refractivity (Wildman–Crippen MR) is 156 cm³/mol. The topological polar surface area (TPSA) is 162 Å². The molecule has 0 spiro atoms. The average molecular weight is 612 g/mol. The van der Waals surface area contributed by atoms with Gasteiger partial charge in [-0.15, -0.1) is 0 Å². The first-order valence-corrected chi connectivity index (χ1v) is 14.8. The van der Waals surface area contributed by atoms with E-state index in [-0.39, 0.29) is 25.2 Å². The normalized spacial score (nSPS) is 35.9. The van der Waals surface area contributed by atoms with Crippen LogP contribution in [0.15, 0.2) is 36.5 Å². The highest BCUT2D eigenvalue weighted by Gasteiger charge is 2.57. The number of amides is 1. The van der Waals surface area contributed by atoms with E-state index in [9.17, 15) is 19.8 Å². The third-order valence-corrected chi connectivity index (χ3v) is 8.95. The fourth-order valence-electron chi connectivity index (χ4n) is 6.08. The third kappa shape index (κ3) is 8.31. The molecule has 3 heterocycles. The Bertz CT molecular complexity index is 1030. The summed E-state index contributed by atoms with van der Waals surface area (Å²) in [5.74, 6) is -3.33. The molecular weight excluding hydrogens is 562 g/mol. The number of allylic oxidation sites excluding steroid dienone is 3. The van der Waals surface area contributed by atoms with Gasteiger partial charge in [-0.3, -0.25) is 4.79 Å². The van der Waals surface area contributed by atoms with Crippen LogP contribution in [0.4, 0.5) is 0 Å². The van der Waals surface area contributed by atoms with Crippen molar-refractivity contribution in [2.24, 2.45) is 11.3 Å². The second kappa shape index (κ2) is 15.2. The van der Waals surface area contributed by atoms with Crippen LogP contribution in [0, 0.1) is 11.3 Å². The summed E-state index contributed by atoms with van der Waals surface area (Å²) in [6, 6.07) is 0. The molecule has 1 amide bonds. The number of carbonyl (C=O) groups is 2. The zero-order valence-corrected chi connectivity index (χ0v) is 26.1. The minimum atomic E-state index is -1.68. The van der Waals surface area contributed by atoms with Crippen molar-refractivity contribution in [2.75, 3.05) is 21.0 Å². The highest BCUT2D eigenvalue weighted by molar-refractivity contribution is 5.82. The summed E-state index contributed by atoms with van der Waals surface area (Å²) in [7, 11) is 2.97. The number of methoxy groups -OCH3 is 2. The van der Waals surface area contributed by atoms with E-state index < -0.39 is 65.9 Å². The zero-order chi connectivity index (χ0) is 31.9. The Hall–Kier alpha value is -2.16. The Morgan fingerprint density at radius 3 is 2.51 bits per heavy atom. The van der Waals surface area contributed by atoms with Crippen LogP contribution >= 0.6 is 0 Å². The van der Waals surface area contributed by atoms with E-state index in [1.807, 2.05) is 33.8 Å². The number of hydrogen-bond acceptors (Lipinski definition) is 10. The number of hydrogen-bond donors (Lipinski definition) is 4. The molecule has 0 aromatic carbocycles. The maximum Gasteiger partial charge on any atom is 0.328 e. The molecule has 4 N–H and O–H groups in total. The first-order valence-electron chi connectivity index (χ1n) is 14.8. The van der Waals surface area contributed by atoms with Gasteiger partial charge < -0.3 is 49.1 Å². The monoisotopic (exact) mass is 611 g/mol. The molecule has 3 aliphatic heterocycles. The molecule has 3 rings (SSSR count). The number of unbranched alkanes of at least 4 members (excludes halogenated alkanes) is 1. The maximum atomic E-state index is 13.4. The lowest BCUT2D eigenvalue weighted by molar-refractivity contribution is -0.332. The summed E-state index contributed by atoms with van der Waals surface area (Å²) in [6.45, 7) is 11.7. The largest absolute Gasteiger partial charge is 0.478 e. The molecule has 0 aromatic rings. The highest BCUT2D eigenvalue weighted by Crippen LogP contribution is 2.44. The first kappa shape index (κ1) is 35.3. The Kier molecular flexibility index (Phi) is 12.5. The van der Waals surface area contributed by atoms with Gasteiger partial charge in [0.2, 0.25) is 5.79 Å². The van der Waals surface area contributed by atoms with Crippen molar-refractivity contribution in [1.82, 2.24) is 5.32 Å². The molecule has 0 saturated carbocycles. The second-order valence-corrected chi connectivity index (χ2v) is 12.2. The summed E-state index contributed by atoms with van der Waals surface area (Å²) < 4.78 is 35.6. The Labute approximate surface area is 254 Å². The second-order valence-electron chi connectivity index (χ2n) is 12.2. The van der Waals surface area contributed by atoms with Crippen molar-refractivity contribution < 1.29 is 53.3 Å². The molecule has 0 unspecified atom stereocenters. The van der Waals surface area contributed by atoms with Gasteiger partial charge in [-0.2, -0.15) is 0 Å². The number of aliphatic carboxylic acids is 1. The van der Waals surface area contributed by atoms with Crippen molar-refractivity contribution in [3.63, 3.8) is 0 Å². The molecule has 244 valence electrons. The quantitative estimate of drug-likeness (QED) is 0.105. The fourth-order valence-corrected chi connectivity index (χ4v) is 6.08. The maximum absolute atomic E-state index is 13.4. The number of rotatable bonds is 13. The van der Waals surface area contributed by atoms with Crippen LogP contribution < -0.4 is 5.32 Å². The lowest BCUT2D eigenvalue weighted by Crippen LogP contribution is -2.69. The number of carboxylic acid groups (broad SMARTS) is 1. The van der Waals surface area contributed by atoms with E-state index in [2.05, 4.69) is 11.9 Å². The van der Waals surface area contributed by atoms with E-state index in [4.69, 9.17) is 33.5 Å². The van der Waals surface area contributed by atoms with E-state index in [0.717, 1.165) is 11.6 Å². The van der Waals surface area contributed by atoms with Crippen LogP contribution in [-0.2, 0) is 38.0 Å². The van der Waals surface area contributed by atoms with Gasteiger partial charge in [0.25, 0.3) is 5.91 Å². The van der Waals surface area contributed by atoms with Gasteiger partial charge in [-0.1, -0.05) is 51.2 Å². The zero-order valence-electron chi connectivity index (χ0n) is 26.1. The predicted octanol–water partition coefficient (Wildman–Crippen LogP) is 2.43. The summed E-state index contributed by atoms with van der Waals surface area (Å²) in [5.41, 5.74) is 0.246. The summed E-state index contributed by atoms with van der Waals surface area (Å²) in [5, 5.41) is 33.4. The van der Waals surface area contributed by atoms with Crippen LogP contribution in [-0.4, -0.2) is 103 Å². The number of nitrogens with one attached hydrogen (secondary N) is 1. The average Bonchev–Trinajstić information content (AvgIpc) is 2.95. The summed E-state index contributed by atoms with van der Waals surface area (Å²) >= 11 is 0.